The molecule has 4 N–H and O–H groups in total. The van der Waals surface area contributed by atoms with E-state index in [-0.39, 0.29) is 0 Å². The summed E-state index contributed by atoms with van der Waals surface area (Å²) in [5.41, 5.74) is 0. The first-order valence-electron chi connectivity index (χ1n) is 14.5. The Hall–Kier alpha value is -0.160. The fourth-order valence-corrected chi connectivity index (χ4v) is 4.53. The third-order valence-corrected chi connectivity index (χ3v) is 6.70. The van der Waals surface area contributed by atoms with Crippen LogP contribution < -0.4 is 10.6 Å². The van der Waals surface area contributed by atoms with Crippen molar-refractivity contribution in [1.82, 2.24) is 10.6 Å². The van der Waals surface area contributed by atoms with Gasteiger partial charge in [0.25, 0.3) is 0 Å². The first-order valence-corrected chi connectivity index (χ1v) is 14.5. The predicted molar refractivity (Wildman–Crippen MR) is 141 cm³/mol. The zero-order valence-electron chi connectivity index (χ0n) is 22.0. The van der Waals surface area contributed by atoms with Crippen LogP contribution in [0.4, 0.5) is 0 Å². The van der Waals surface area contributed by atoms with E-state index in [2.05, 4.69) is 24.5 Å². The number of rotatable bonds is 27. The van der Waals surface area contributed by atoms with Gasteiger partial charge in [0.1, 0.15) is 0 Å². The van der Waals surface area contributed by atoms with Crippen molar-refractivity contribution in [3.63, 3.8) is 0 Å². The van der Waals surface area contributed by atoms with Crippen LogP contribution in [0.1, 0.15) is 142 Å². The summed E-state index contributed by atoms with van der Waals surface area (Å²) in [6, 6.07) is 1.41. The van der Waals surface area contributed by atoms with E-state index in [0.29, 0.717) is 25.3 Å². The quantitative estimate of drug-likeness (QED) is 0.103. The minimum absolute atomic E-state index is 0.341. The second-order valence-electron chi connectivity index (χ2n) is 9.85. The molecule has 4 heteroatoms. The number of unbranched alkanes of at least 4 members (excludes halogenated alkanes) is 11. The van der Waals surface area contributed by atoms with Crippen LogP contribution in [-0.2, 0) is 0 Å². The van der Waals surface area contributed by atoms with Gasteiger partial charge >= 0.3 is 0 Å². The number of aliphatic hydroxyl groups is 2. The fourth-order valence-electron chi connectivity index (χ4n) is 4.53. The molecule has 2 unspecified atom stereocenters. The summed E-state index contributed by atoms with van der Waals surface area (Å²) in [5.74, 6) is 0. The average molecular weight is 457 g/mol. The molecule has 0 spiro atoms. The molecule has 0 rings (SSSR count). The van der Waals surface area contributed by atoms with Gasteiger partial charge in [0.05, 0.1) is 0 Å². The molecule has 4 nitrogen and oxygen atoms in total. The van der Waals surface area contributed by atoms with E-state index in [0.717, 1.165) is 38.8 Å². The van der Waals surface area contributed by atoms with Crippen molar-refractivity contribution in [2.24, 2.45) is 0 Å². The van der Waals surface area contributed by atoms with Crippen LogP contribution in [0.15, 0.2) is 0 Å². The Morgan fingerprint density at radius 1 is 0.438 bits per heavy atom. The molecule has 0 aliphatic rings. The van der Waals surface area contributed by atoms with Gasteiger partial charge in [0.2, 0.25) is 0 Å². The van der Waals surface area contributed by atoms with E-state index in [1.54, 1.807) is 0 Å². The van der Waals surface area contributed by atoms with E-state index in [1.807, 2.05) is 0 Å². The molecule has 0 bridgehead atoms. The SMILES string of the molecule is CCCCC(CCCCCCC(CCCC)NCCCCCCO)NCCCCCCO. The van der Waals surface area contributed by atoms with Gasteiger partial charge in [-0.3, -0.25) is 0 Å². The largest absolute Gasteiger partial charge is 0.396 e. The number of hydrogen-bond donors (Lipinski definition) is 4. The van der Waals surface area contributed by atoms with Crippen LogP contribution in [0, 0.1) is 0 Å². The summed E-state index contributed by atoms with van der Waals surface area (Å²) in [5, 5.41) is 25.4. The summed E-state index contributed by atoms with van der Waals surface area (Å²) >= 11 is 0. The van der Waals surface area contributed by atoms with Crippen LogP contribution in [-0.4, -0.2) is 48.6 Å². The molecule has 0 fully saturated rings. The van der Waals surface area contributed by atoms with Gasteiger partial charge < -0.3 is 20.8 Å². The molecule has 0 amide bonds. The molecule has 2 atom stereocenters. The molecule has 0 aliphatic heterocycles. The summed E-state index contributed by atoms with van der Waals surface area (Å²) in [6.07, 6.45) is 25.3. The second-order valence-corrected chi connectivity index (χ2v) is 9.85. The third kappa shape index (κ3) is 23.0. The molecular weight excluding hydrogens is 396 g/mol. The van der Waals surface area contributed by atoms with E-state index < -0.39 is 0 Å². The standard InChI is InChI=1S/C28H60N2O2/c1-3-5-19-27(29-23-15-9-11-17-25-31)21-13-7-8-14-22-28(20-6-4-2)30-24-16-10-12-18-26-32/h27-32H,3-26H2,1-2H3. The lowest BCUT2D eigenvalue weighted by atomic mass is 9.99. The smallest absolute Gasteiger partial charge is 0.0431 e. The molecule has 0 aromatic rings. The lowest BCUT2D eigenvalue weighted by molar-refractivity contribution is 0.282. The van der Waals surface area contributed by atoms with Gasteiger partial charge in [-0.05, 0) is 64.5 Å². The molecule has 0 radical (unpaired) electrons. The zero-order valence-corrected chi connectivity index (χ0v) is 22.0. The molecule has 194 valence electrons. The van der Waals surface area contributed by atoms with Gasteiger partial charge in [-0.2, -0.15) is 0 Å². The predicted octanol–water partition coefficient (Wildman–Crippen LogP) is 6.73. The molecule has 0 heterocycles. The van der Waals surface area contributed by atoms with Crippen molar-refractivity contribution in [3.8, 4) is 0 Å². The Labute approximate surface area is 201 Å². The topological polar surface area (TPSA) is 64.5 Å². The highest BCUT2D eigenvalue weighted by Crippen LogP contribution is 2.15. The molecule has 0 aliphatic carbocycles. The molecule has 0 saturated carbocycles. The van der Waals surface area contributed by atoms with Crippen LogP contribution in [0.2, 0.25) is 0 Å². The van der Waals surface area contributed by atoms with Gasteiger partial charge in [-0.1, -0.05) is 90.9 Å². The summed E-state index contributed by atoms with van der Waals surface area (Å²) in [7, 11) is 0. The zero-order chi connectivity index (χ0) is 23.5. The lowest BCUT2D eigenvalue weighted by Crippen LogP contribution is -2.30. The second kappa shape index (κ2) is 27.1. The van der Waals surface area contributed by atoms with Crippen molar-refractivity contribution >= 4 is 0 Å². The molecular formula is C28H60N2O2. The van der Waals surface area contributed by atoms with Crippen molar-refractivity contribution in [3.05, 3.63) is 0 Å². The van der Waals surface area contributed by atoms with Gasteiger partial charge in [-0.25, -0.2) is 0 Å². The number of nitrogens with one attached hydrogen (secondary N) is 2. The Morgan fingerprint density at radius 2 is 0.781 bits per heavy atom. The van der Waals surface area contributed by atoms with E-state index in [9.17, 15) is 0 Å². The van der Waals surface area contributed by atoms with Crippen molar-refractivity contribution in [2.75, 3.05) is 26.3 Å². The van der Waals surface area contributed by atoms with Crippen LogP contribution in [0.25, 0.3) is 0 Å². The van der Waals surface area contributed by atoms with E-state index in [1.165, 1.54) is 103 Å². The van der Waals surface area contributed by atoms with Gasteiger partial charge in [0, 0.05) is 25.3 Å². The Bertz CT molecular complexity index is 309. The molecule has 32 heavy (non-hydrogen) atoms. The third-order valence-electron chi connectivity index (χ3n) is 6.70. The normalized spacial score (nSPS) is 13.5. The molecule has 0 saturated heterocycles. The Balaban J connectivity index is 3.89. The maximum absolute atomic E-state index is 8.88. The maximum atomic E-state index is 8.88. The molecule has 0 aromatic heterocycles. The highest BCUT2D eigenvalue weighted by Gasteiger charge is 2.09. The average Bonchev–Trinajstić information content (AvgIpc) is 2.81. The highest BCUT2D eigenvalue weighted by atomic mass is 16.3. The molecule has 0 aromatic carbocycles. The van der Waals surface area contributed by atoms with Crippen molar-refractivity contribution in [2.45, 2.75) is 154 Å². The monoisotopic (exact) mass is 456 g/mol. The van der Waals surface area contributed by atoms with Crippen LogP contribution in [0.5, 0.6) is 0 Å². The lowest BCUT2D eigenvalue weighted by Gasteiger charge is -2.20. The van der Waals surface area contributed by atoms with Gasteiger partial charge in [-0.15, -0.1) is 0 Å². The number of hydrogen-bond acceptors (Lipinski definition) is 4. The van der Waals surface area contributed by atoms with E-state index >= 15 is 0 Å². The summed E-state index contributed by atoms with van der Waals surface area (Å²) in [4.78, 5) is 0. The summed E-state index contributed by atoms with van der Waals surface area (Å²) in [6.45, 7) is 7.56. The van der Waals surface area contributed by atoms with Crippen molar-refractivity contribution < 1.29 is 10.2 Å². The highest BCUT2D eigenvalue weighted by molar-refractivity contribution is 4.69. The van der Waals surface area contributed by atoms with E-state index in [4.69, 9.17) is 10.2 Å². The minimum Gasteiger partial charge on any atom is -0.396 e. The minimum atomic E-state index is 0.341. The van der Waals surface area contributed by atoms with Crippen LogP contribution >= 0.6 is 0 Å². The van der Waals surface area contributed by atoms with Gasteiger partial charge in [0.15, 0.2) is 0 Å². The fraction of sp³-hybridized carbons (Fsp3) is 1.00. The first-order chi connectivity index (χ1) is 15.8. The first kappa shape index (κ1) is 31.8. The van der Waals surface area contributed by atoms with Crippen molar-refractivity contribution in [1.29, 1.82) is 0 Å². The van der Waals surface area contributed by atoms with Crippen LogP contribution in [0.3, 0.4) is 0 Å². The maximum Gasteiger partial charge on any atom is 0.0431 e. The summed E-state index contributed by atoms with van der Waals surface area (Å²) < 4.78 is 0. The number of aliphatic hydroxyl groups excluding tert-OH is 2. The Morgan fingerprint density at radius 3 is 1.16 bits per heavy atom. The Kier molecular flexibility index (Phi) is 27.0.